The molecule has 5 heteroatoms. The molecule has 0 aromatic rings. The van der Waals surface area contributed by atoms with Crippen LogP contribution in [0.25, 0.3) is 0 Å². The first-order valence-electron chi connectivity index (χ1n) is 3.20. The maximum absolute atomic E-state index is 10.8. The summed E-state index contributed by atoms with van der Waals surface area (Å²) in [5.41, 5.74) is 0. The van der Waals surface area contributed by atoms with E-state index in [0.717, 1.165) is 0 Å². The Bertz CT molecular complexity index is 191. The van der Waals surface area contributed by atoms with E-state index in [1.165, 1.54) is 7.11 Å². The van der Waals surface area contributed by atoms with Gasteiger partial charge in [0.05, 0.1) is 19.6 Å². The van der Waals surface area contributed by atoms with Gasteiger partial charge in [0, 0.05) is 0 Å². The van der Waals surface area contributed by atoms with Crippen LogP contribution in [-0.2, 0) is 14.3 Å². The van der Waals surface area contributed by atoms with Gasteiger partial charge >= 0.3 is 5.97 Å². The summed E-state index contributed by atoms with van der Waals surface area (Å²) in [5, 5.41) is 11.4. The van der Waals surface area contributed by atoms with Gasteiger partial charge in [0.2, 0.25) is 5.91 Å². The Hall–Kier alpha value is -1.10. The Labute approximate surface area is 63.3 Å². The molecule has 0 saturated carbocycles. The molecule has 1 unspecified atom stereocenters. The van der Waals surface area contributed by atoms with Crippen molar-refractivity contribution in [3.05, 3.63) is 0 Å². The van der Waals surface area contributed by atoms with Crippen LogP contribution in [-0.4, -0.2) is 36.2 Å². The highest BCUT2D eigenvalue weighted by Gasteiger charge is 2.36. The van der Waals surface area contributed by atoms with E-state index in [2.05, 4.69) is 10.1 Å². The molecule has 1 saturated heterocycles. The van der Waals surface area contributed by atoms with Gasteiger partial charge in [-0.3, -0.25) is 4.79 Å². The van der Waals surface area contributed by atoms with Gasteiger partial charge in [0.15, 0.2) is 6.04 Å². The maximum atomic E-state index is 10.8. The van der Waals surface area contributed by atoms with Crippen molar-refractivity contribution < 1.29 is 19.4 Å². The minimum atomic E-state index is -0.949. The molecule has 1 amide bonds. The predicted octanol–water partition coefficient (Wildman–Crippen LogP) is -1.59. The standard InChI is InChI=1S/C6H9NO4/c1-11-6(10)5-3(8)2-4(9)7-5/h3,5,8H,2H2,1H3,(H,7,9)/t3?,5-/m0/s1. The van der Waals surface area contributed by atoms with Crippen LogP contribution in [0.3, 0.4) is 0 Å². The van der Waals surface area contributed by atoms with Crippen molar-refractivity contribution in [2.75, 3.05) is 7.11 Å². The highest BCUT2D eigenvalue weighted by Crippen LogP contribution is 2.08. The lowest BCUT2D eigenvalue weighted by atomic mass is 10.2. The molecule has 11 heavy (non-hydrogen) atoms. The normalized spacial score (nSPS) is 29.8. The number of esters is 1. The number of carbonyl (C=O) groups excluding carboxylic acids is 2. The van der Waals surface area contributed by atoms with Gasteiger partial charge in [0.25, 0.3) is 0 Å². The molecular formula is C6H9NO4. The molecule has 0 aliphatic carbocycles. The largest absolute Gasteiger partial charge is 0.467 e. The SMILES string of the molecule is COC(=O)[C@H]1NC(=O)CC1O. The molecule has 2 atom stereocenters. The third-order valence-electron chi connectivity index (χ3n) is 1.55. The molecule has 0 radical (unpaired) electrons. The quantitative estimate of drug-likeness (QED) is 0.452. The van der Waals surface area contributed by atoms with E-state index < -0.39 is 18.1 Å². The smallest absolute Gasteiger partial charge is 0.331 e. The molecule has 1 aliphatic rings. The topological polar surface area (TPSA) is 75.6 Å². The maximum Gasteiger partial charge on any atom is 0.331 e. The first-order chi connectivity index (χ1) is 5.15. The summed E-state index contributed by atoms with van der Waals surface area (Å²) in [5.74, 6) is -0.934. The Balaban J connectivity index is 2.59. The average Bonchev–Trinajstić information content (AvgIpc) is 2.28. The van der Waals surface area contributed by atoms with Crippen molar-refractivity contribution >= 4 is 11.9 Å². The fraction of sp³-hybridized carbons (Fsp3) is 0.667. The van der Waals surface area contributed by atoms with E-state index in [-0.39, 0.29) is 12.3 Å². The van der Waals surface area contributed by atoms with E-state index in [1.807, 2.05) is 0 Å². The van der Waals surface area contributed by atoms with Crippen LogP contribution in [0.4, 0.5) is 0 Å². The zero-order valence-electron chi connectivity index (χ0n) is 6.03. The monoisotopic (exact) mass is 159 g/mol. The number of aliphatic hydroxyl groups is 1. The molecule has 2 N–H and O–H groups in total. The van der Waals surface area contributed by atoms with E-state index in [0.29, 0.717) is 0 Å². The lowest BCUT2D eigenvalue weighted by Crippen LogP contribution is -2.40. The summed E-state index contributed by atoms with van der Waals surface area (Å²) in [4.78, 5) is 21.4. The number of ether oxygens (including phenoxy) is 1. The van der Waals surface area contributed by atoms with Crippen molar-refractivity contribution in [2.24, 2.45) is 0 Å². The molecule has 0 bridgehead atoms. The number of nitrogens with one attached hydrogen (secondary N) is 1. The summed E-state index contributed by atoms with van der Waals surface area (Å²) in [6.45, 7) is 0. The predicted molar refractivity (Wildman–Crippen MR) is 34.6 cm³/mol. The Kier molecular flexibility index (Phi) is 2.09. The van der Waals surface area contributed by atoms with Crippen molar-refractivity contribution in [1.29, 1.82) is 0 Å². The second-order valence-corrected chi connectivity index (χ2v) is 2.34. The number of methoxy groups -OCH3 is 1. The Morgan fingerprint density at radius 2 is 2.45 bits per heavy atom. The van der Waals surface area contributed by atoms with Crippen LogP contribution < -0.4 is 5.32 Å². The zero-order valence-corrected chi connectivity index (χ0v) is 6.03. The number of hydrogen-bond donors (Lipinski definition) is 2. The molecule has 0 aromatic carbocycles. The van der Waals surface area contributed by atoms with Crippen LogP contribution in [0.1, 0.15) is 6.42 Å². The lowest BCUT2D eigenvalue weighted by molar-refractivity contribution is -0.145. The summed E-state index contributed by atoms with van der Waals surface area (Å²) in [6, 6.07) is -0.882. The minimum Gasteiger partial charge on any atom is -0.467 e. The molecule has 1 aliphatic heterocycles. The molecule has 1 rings (SSSR count). The number of amides is 1. The molecule has 0 aromatic heterocycles. The van der Waals surface area contributed by atoms with Crippen LogP contribution in [0.2, 0.25) is 0 Å². The zero-order chi connectivity index (χ0) is 8.43. The van der Waals surface area contributed by atoms with E-state index in [4.69, 9.17) is 5.11 Å². The molecule has 5 nitrogen and oxygen atoms in total. The second kappa shape index (κ2) is 2.87. The number of aliphatic hydroxyl groups excluding tert-OH is 1. The van der Waals surface area contributed by atoms with Gasteiger partial charge in [-0.15, -0.1) is 0 Å². The van der Waals surface area contributed by atoms with Crippen LogP contribution in [0.15, 0.2) is 0 Å². The van der Waals surface area contributed by atoms with Crippen LogP contribution in [0, 0.1) is 0 Å². The molecular weight excluding hydrogens is 150 g/mol. The van der Waals surface area contributed by atoms with Crippen molar-refractivity contribution in [2.45, 2.75) is 18.6 Å². The molecule has 1 heterocycles. The molecule has 0 spiro atoms. The summed E-state index contributed by atoms with van der Waals surface area (Å²) >= 11 is 0. The van der Waals surface area contributed by atoms with E-state index >= 15 is 0 Å². The highest BCUT2D eigenvalue weighted by atomic mass is 16.5. The summed E-state index contributed by atoms with van der Waals surface area (Å²) in [7, 11) is 1.21. The van der Waals surface area contributed by atoms with Crippen molar-refractivity contribution in [1.82, 2.24) is 5.32 Å². The van der Waals surface area contributed by atoms with E-state index in [9.17, 15) is 9.59 Å². The number of carbonyl (C=O) groups is 2. The van der Waals surface area contributed by atoms with Gasteiger partial charge in [-0.2, -0.15) is 0 Å². The van der Waals surface area contributed by atoms with Gasteiger partial charge in [0.1, 0.15) is 0 Å². The lowest BCUT2D eigenvalue weighted by Gasteiger charge is -2.09. The number of hydrogen-bond acceptors (Lipinski definition) is 4. The van der Waals surface area contributed by atoms with E-state index in [1.54, 1.807) is 0 Å². The Morgan fingerprint density at radius 3 is 2.82 bits per heavy atom. The fourth-order valence-corrected chi connectivity index (χ4v) is 0.979. The summed E-state index contributed by atoms with van der Waals surface area (Å²) < 4.78 is 4.34. The number of rotatable bonds is 1. The van der Waals surface area contributed by atoms with Gasteiger partial charge in [-0.1, -0.05) is 0 Å². The van der Waals surface area contributed by atoms with Crippen LogP contribution in [0.5, 0.6) is 0 Å². The third-order valence-corrected chi connectivity index (χ3v) is 1.55. The second-order valence-electron chi connectivity index (χ2n) is 2.34. The van der Waals surface area contributed by atoms with Gasteiger partial charge in [-0.05, 0) is 0 Å². The minimum absolute atomic E-state index is 0.0280. The highest BCUT2D eigenvalue weighted by molar-refractivity contribution is 5.89. The fourth-order valence-electron chi connectivity index (χ4n) is 0.979. The first-order valence-corrected chi connectivity index (χ1v) is 3.20. The Morgan fingerprint density at radius 1 is 1.82 bits per heavy atom. The molecule has 62 valence electrons. The van der Waals surface area contributed by atoms with Crippen molar-refractivity contribution in [3.63, 3.8) is 0 Å². The van der Waals surface area contributed by atoms with Gasteiger partial charge in [-0.25, -0.2) is 4.79 Å². The van der Waals surface area contributed by atoms with Crippen molar-refractivity contribution in [3.8, 4) is 0 Å². The molecule has 1 fully saturated rings. The summed E-state index contributed by atoms with van der Waals surface area (Å²) in [6.07, 6.45) is -0.977. The third kappa shape index (κ3) is 1.48. The average molecular weight is 159 g/mol. The first kappa shape index (κ1) is 8.00. The van der Waals surface area contributed by atoms with Gasteiger partial charge < -0.3 is 15.2 Å². The van der Waals surface area contributed by atoms with Crippen LogP contribution >= 0.6 is 0 Å².